The smallest absolute Gasteiger partial charge is 0.150 e. The van der Waals surface area contributed by atoms with Gasteiger partial charge in [-0.1, -0.05) is 34.1 Å². The number of anilines is 1. The van der Waals surface area contributed by atoms with E-state index in [1.807, 2.05) is 24.3 Å². The average Bonchev–Trinajstić information content (AvgIpc) is 2.46. The minimum Gasteiger partial charge on any atom is -0.493 e. The molecule has 0 radical (unpaired) electrons. The summed E-state index contributed by atoms with van der Waals surface area (Å²) in [5.74, 6) is -0.158. The monoisotopic (exact) mass is 353 g/mol. The van der Waals surface area contributed by atoms with E-state index in [9.17, 15) is 8.78 Å². The second kappa shape index (κ2) is 6.02. The fraction of sp³-hybridized carbons (Fsp3) is 0.250. The summed E-state index contributed by atoms with van der Waals surface area (Å²) in [5.41, 5.74) is 0.997. The number of halogens is 3. The first kappa shape index (κ1) is 14.3. The lowest BCUT2D eigenvalue weighted by Crippen LogP contribution is -2.21. The van der Waals surface area contributed by atoms with Crippen molar-refractivity contribution >= 4 is 21.6 Å². The molecule has 0 bridgehead atoms. The van der Waals surface area contributed by atoms with Gasteiger partial charge in [0.15, 0.2) is 0 Å². The first-order valence-electron chi connectivity index (χ1n) is 6.75. The molecular weight excluding hydrogens is 340 g/mol. The third kappa shape index (κ3) is 3.02. The number of hydrogen-bond acceptors (Lipinski definition) is 2. The molecule has 0 aliphatic carbocycles. The van der Waals surface area contributed by atoms with Crippen LogP contribution in [-0.4, -0.2) is 13.2 Å². The van der Waals surface area contributed by atoms with Crippen LogP contribution in [0.3, 0.4) is 0 Å². The van der Waals surface area contributed by atoms with E-state index in [1.165, 1.54) is 12.1 Å². The Kier molecular flexibility index (Phi) is 4.10. The SMILES string of the molecule is Fc1cc(Br)cc(F)c1NCC1CCOc2ccccc21. The van der Waals surface area contributed by atoms with E-state index < -0.39 is 11.6 Å². The molecular formula is C16H14BrF2NO. The molecule has 1 aliphatic rings. The van der Waals surface area contributed by atoms with Gasteiger partial charge < -0.3 is 10.1 Å². The van der Waals surface area contributed by atoms with Crippen molar-refractivity contribution in [2.45, 2.75) is 12.3 Å². The molecule has 5 heteroatoms. The van der Waals surface area contributed by atoms with Gasteiger partial charge in [0.1, 0.15) is 23.1 Å². The zero-order valence-electron chi connectivity index (χ0n) is 11.2. The molecule has 2 aromatic carbocycles. The van der Waals surface area contributed by atoms with Gasteiger partial charge in [0, 0.05) is 16.9 Å². The second-order valence-corrected chi connectivity index (χ2v) is 5.91. The topological polar surface area (TPSA) is 21.3 Å². The van der Waals surface area contributed by atoms with Gasteiger partial charge in [-0.2, -0.15) is 0 Å². The fourth-order valence-electron chi connectivity index (χ4n) is 2.56. The van der Waals surface area contributed by atoms with Crippen LogP contribution in [0.15, 0.2) is 40.9 Å². The van der Waals surface area contributed by atoms with Crippen LogP contribution in [0, 0.1) is 11.6 Å². The predicted octanol–water partition coefficient (Wildman–Crippen LogP) is 4.71. The largest absolute Gasteiger partial charge is 0.493 e. The maximum atomic E-state index is 13.8. The van der Waals surface area contributed by atoms with E-state index in [0.717, 1.165) is 17.7 Å². The number of fused-ring (bicyclic) bond motifs is 1. The normalized spacial score (nSPS) is 17.0. The van der Waals surface area contributed by atoms with Crippen LogP contribution in [0.25, 0.3) is 0 Å². The molecule has 0 amide bonds. The first-order valence-corrected chi connectivity index (χ1v) is 7.54. The van der Waals surface area contributed by atoms with Crippen LogP contribution in [0.2, 0.25) is 0 Å². The van der Waals surface area contributed by atoms with Crippen LogP contribution >= 0.6 is 15.9 Å². The Morgan fingerprint density at radius 2 is 1.90 bits per heavy atom. The molecule has 1 heterocycles. The van der Waals surface area contributed by atoms with Gasteiger partial charge in [0.25, 0.3) is 0 Å². The Labute approximate surface area is 130 Å². The van der Waals surface area contributed by atoms with Crippen molar-refractivity contribution in [1.29, 1.82) is 0 Å². The summed E-state index contributed by atoms with van der Waals surface area (Å²) in [6, 6.07) is 10.3. The molecule has 110 valence electrons. The molecule has 0 saturated carbocycles. The van der Waals surface area contributed by atoms with Crippen molar-refractivity contribution in [2.75, 3.05) is 18.5 Å². The van der Waals surface area contributed by atoms with Gasteiger partial charge in [0.2, 0.25) is 0 Å². The van der Waals surface area contributed by atoms with Crippen molar-refractivity contribution in [2.24, 2.45) is 0 Å². The van der Waals surface area contributed by atoms with E-state index in [4.69, 9.17) is 4.74 Å². The standard InChI is InChI=1S/C16H14BrF2NO/c17-11-7-13(18)16(14(19)8-11)20-9-10-5-6-21-15-4-2-1-3-12(10)15/h1-4,7-8,10,20H,5-6,9H2. The third-order valence-corrected chi connectivity index (χ3v) is 4.07. The molecule has 2 nitrogen and oxygen atoms in total. The molecule has 21 heavy (non-hydrogen) atoms. The van der Waals surface area contributed by atoms with Gasteiger partial charge in [-0.05, 0) is 30.2 Å². The van der Waals surface area contributed by atoms with Crippen molar-refractivity contribution in [3.63, 3.8) is 0 Å². The molecule has 1 atom stereocenters. The quantitative estimate of drug-likeness (QED) is 0.862. The summed E-state index contributed by atoms with van der Waals surface area (Å²) < 4.78 is 33.6. The highest BCUT2D eigenvalue weighted by Crippen LogP contribution is 2.34. The Bertz CT molecular complexity index is 639. The Hall–Kier alpha value is -1.62. The summed E-state index contributed by atoms with van der Waals surface area (Å²) in [4.78, 5) is 0. The minimum absolute atomic E-state index is 0.0813. The highest BCUT2D eigenvalue weighted by molar-refractivity contribution is 9.10. The van der Waals surface area contributed by atoms with Crippen molar-refractivity contribution in [3.05, 3.63) is 58.1 Å². The van der Waals surface area contributed by atoms with Gasteiger partial charge in [-0.15, -0.1) is 0 Å². The lowest BCUT2D eigenvalue weighted by Gasteiger charge is -2.26. The number of benzene rings is 2. The highest BCUT2D eigenvalue weighted by Gasteiger charge is 2.21. The van der Waals surface area contributed by atoms with Gasteiger partial charge in [-0.3, -0.25) is 0 Å². The molecule has 1 N–H and O–H groups in total. The number of para-hydroxylation sites is 1. The number of nitrogens with one attached hydrogen (secondary N) is 1. The fourth-order valence-corrected chi connectivity index (χ4v) is 2.97. The molecule has 1 aliphatic heterocycles. The van der Waals surface area contributed by atoms with Gasteiger partial charge in [0.05, 0.1) is 6.61 Å². The molecule has 0 fully saturated rings. The van der Waals surface area contributed by atoms with Crippen LogP contribution in [0.4, 0.5) is 14.5 Å². The Balaban J connectivity index is 1.78. The molecule has 2 aromatic rings. The Morgan fingerprint density at radius 3 is 2.67 bits per heavy atom. The summed E-state index contributed by atoms with van der Waals surface area (Å²) in [6.45, 7) is 1.09. The van der Waals surface area contributed by atoms with E-state index in [2.05, 4.69) is 21.2 Å². The lowest BCUT2D eigenvalue weighted by atomic mass is 9.93. The zero-order chi connectivity index (χ0) is 14.8. The van der Waals surface area contributed by atoms with Crippen molar-refractivity contribution in [1.82, 2.24) is 0 Å². The van der Waals surface area contributed by atoms with Crippen molar-refractivity contribution in [3.8, 4) is 5.75 Å². The van der Waals surface area contributed by atoms with Crippen LogP contribution in [0.5, 0.6) is 5.75 Å². The van der Waals surface area contributed by atoms with E-state index in [0.29, 0.717) is 17.6 Å². The van der Waals surface area contributed by atoms with E-state index >= 15 is 0 Å². The Morgan fingerprint density at radius 1 is 1.19 bits per heavy atom. The molecule has 0 aromatic heterocycles. The summed E-state index contributed by atoms with van der Waals surface area (Å²) in [7, 11) is 0. The van der Waals surface area contributed by atoms with E-state index in [-0.39, 0.29) is 11.6 Å². The van der Waals surface area contributed by atoms with Crippen LogP contribution < -0.4 is 10.1 Å². The van der Waals surface area contributed by atoms with Gasteiger partial charge in [-0.25, -0.2) is 8.78 Å². The minimum atomic E-state index is -0.595. The lowest BCUT2D eigenvalue weighted by molar-refractivity contribution is 0.270. The number of ether oxygens (including phenoxy) is 1. The second-order valence-electron chi connectivity index (χ2n) is 5.00. The molecule has 1 unspecified atom stereocenters. The maximum Gasteiger partial charge on any atom is 0.150 e. The van der Waals surface area contributed by atoms with Crippen LogP contribution in [0.1, 0.15) is 17.9 Å². The molecule has 0 saturated heterocycles. The van der Waals surface area contributed by atoms with Crippen molar-refractivity contribution < 1.29 is 13.5 Å². The highest BCUT2D eigenvalue weighted by atomic mass is 79.9. The first-order chi connectivity index (χ1) is 10.1. The maximum absolute atomic E-state index is 13.8. The van der Waals surface area contributed by atoms with Gasteiger partial charge >= 0.3 is 0 Å². The number of hydrogen-bond donors (Lipinski definition) is 1. The van der Waals surface area contributed by atoms with Crippen LogP contribution in [-0.2, 0) is 0 Å². The third-order valence-electron chi connectivity index (χ3n) is 3.61. The average molecular weight is 354 g/mol. The molecule has 0 spiro atoms. The number of rotatable bonds is 3. The summed E-state index contributed by atoms with van der Waals surface area (Å²) in [6.07, 6.45) is 0.823. The predicted molar refractivity (Wildman–Crippen MR) is 81.8 cm³/mol. The summed E-state index contributed by atoms with van der Waals surface area (Å²) >= 11 is 3.07. The zero-order valence-corrected chi connectivity index (χ0v) is 12.8. The summed E-state index contributed by atoms with van der Waals surface area (Å²) in [5, 5.41) is 2.89. The van der Waals surface area contributed by atoms with E-state index in [1.54, 1.807) is 0 Å². The molecule has 3 rings (SSSR count).